The monoisotopic (exact) mass is 274 g/mol. The van der Waals surface area contributed by atoms with Crippen molar-refractivity contribution in [2.75, 3.05) is 32.7 Å². The van der Waals surface area contributed by atoms with Crippen molar-refractivity contribution in [1.82, 2.24) is 9.80 Å². The molecule has 0 amide bonds. The summed E-state index contributed by atoms with van der Waals surface area (Å²) < 4.78 is 0. The molecule has 3 nitrogen and oxygen atoms in total. The summed E-state index contributed by atoms with van der Waals surface area (Å²) in [5, 5.41) is 10.3. The van der Waals surface area contributed by atoms with E-state index in [2.05, 4.69) is 9.80 Å². The van der Waals surface area contributed by atoms with Crippen molar-refractivity contribution < 1.29 is 5.11 Å². The van der Waals surface area contributed by atoms with Gasteiger partial charge in [0.25, 0.3) is 0 Å². The molecule has 1 N–H and O–H groups in total. The van der Waals surface area contributed by atoms with Gasteiger partial charge in [-0.3, -0.25) is 9.80 Å². The molecule has 1 aromatic carbocycles. The number of hydrogen-bond acceptors (Lipinski definition) is 3. The van der Waals surface area contributed by atoms with Crippen LogP contribution in [0.1, 0.15) is 37.4 Å². The van der Waals surface area contributed by atoms with Crippen molar-refractivity contribution in [3.63, 3.8) is 0 Å². The van der Waals surface area contributed by atoms with Gasteiger partial charge in [0.05, 0.1) is 6.10 Å². The van der Waals surface area contributed by atoms with Crippen molar-refractivity contribution in [2.45, 2.75) is 37.8 Å². The molecular formula is C17H26N2O. The molecule has 3 heteroatoms. The Kier molecular flexibility index (Phi) is 4.71. The Hall–Kier alpha value is -0.900. The highest BCUT2D eigenvalue weighted by atomic mass is 16.3. The van der Waals surface area contributed by atoms with E-state index < -0.39 is 0 Å². The van der Waals surface area contributed by atoms with E-state index in [0.717, 1.165) is 31.2 Å². The molecule has 2 unspecified atom stereocenters. The molecule has 2 fully saturated rings. The highest BCUT2D eigenvalue weighted by Gasteiger charge is 2.29. The lowest BCUT2D eigenvalue weighted by Gasteiger charge is -2.32. The van der Waals surface area contributed by atoms with E-state index in [1.54, 1.807) is 0 Å². The van der Waals surface area contributed by atoms with Gasteiger partial charge in [0.1, 0.15) is 0 Å². The molecule has 2 atom stereocenters. The van der Waals surface area contributed by atoms with Gasteiger partial charge in [-0.05, 0) is 44.5 Å². The number of piperidine rings is 1. The van der Waals surface area contributed by atoms with Gasteiger partial charge in [-0.25, -0.2) is 0 Å². The molecule has 2 aliphatic rings. The molecule has 3 rings (SSSR count). The van der Waals surface area contributed by atoms with Crippen LogP contribution in [-0.4, -0.2) is 53.7 Å². The average molecular weight is 274 g/mol. The topological polar surface area (TPSA) is 26.7 Å². The Morgan fingerprint density at radius 2 is 1.80 bits per heavy atom. The Morgan fingerprint density at radius 3 is 2.55 bits per heavy atom. The van der Waals surface area contributed by atoms with Crippen molar-refractivity contribution >= 4 is 0 Å². The number of hydrogen-bond donors (Lipinski definition) is 1. The van der Waals surface area contributed by atoms with Crippen LogP contribution in [0.2, 0.25) is 0 Å². The molecule has 0 saturated carbocycles. The van der Waals surface area contributed by atoms with Gasteiger partial charge in [-0.1, -0.05) is 36.8 Å². The number of β-amino-alcohol motifs (C(OH)–C–C–N with tert-alkyl or cyclic N) is 1. The first-order valence-electron chi connectivity index (χ1n) is 8.02. The summed E-state index contributed by atoms with van der Waals surface area (Å²) in [6, 6.07) is 10.8. The molecule has 0 radical (unpaired) electrons. The third-order valence-electron chi connectivity index (χ3n) is 4.77. The summed E-state index contributed by atoms with van der Waals surface area (Å²) in [7, 11) is 0. The first-order chi connectivity index (χ1) is 9.83. The number of aliphatic hydroxyl groups is 1. The second-order valence-corrected chi connectivity index (χ2v) is 6.23. The fourth-order valence-corrected chi connectivity index (χ4v) is 3.58. The van der Waals surface area contributed by atoms with Crippen LogP contribution >= 0.6 is 0 Å². The van der Waals surface area contributed by atoms with Gasteiger partial charge >= 0.3 is 0 Å². The van der Waals surface area contributed by atoms with E-state index >= 15 is 0 Å². The minimum Gasteiger partial charge on any atom is -0.387 e. The maximum absolute atomic E-state index is 10.3. The highest BCUT2D eigenvalue weighted by Crippen LogP contribution is 2.22. The molecule has 0 spiro atoms. The van der Waals surface area contributed by atoms with Crippen molar-refractivity contribution in [1.29, 1.82) is 0 Å². The molecule has 2 aliphatic heterocycles. The zero-order valence-corrected chi connectivity index (χ0v) is 12.2. The Labute approximate surface area is 122 Å². The number of benzene rings is 1. The summed E-state index contributed by atoms with van der Waals surface area (Å²) in [4.78, 5) is 5.09. The van der Waals surface area contributed by atoms with E-state index in [0.29, 0.717) is 0 Å². The zero-order chi connectivity index (χ0) is 13.8. The van der Waals surface area contributed by atoms with Crippen LogP contribution in [0.25, 0.3) is 0 Å². The second-order valence-electron chi connectivity index (χ2n) is 6.23. The molecule has 1 aromatic rings. The zero-order valence-electron chi connectivity index (χ0n) is 12.2. The molecule has 0 aliphatic carbocycles. The number of rotatable bonds is 4. The largest absolute Gasteiger partial charge is 0.387 e. The van der Waals surface area contributed by atoms with Gasteiger partial charge in [-0.2, -0.15) is 0 Å². The van der Waals surface area contributed by atoms with Crippen molar-refractivity contribution in [3.8, 4) is 0 Å². The van der Waals surface area contributed by atoms with Crippen LogP contribution in [0.3, 0.4) is 0 Å². The van der Waals surface area contributed by atoms with Crippen LogP contribution in [0.5, 0.6) is 0 Å². The normalized spacial score (nSPS) is 26.8. The van der Waals surface area contributed by atoms with Gasteiger partial charge in [0, 0.05) is 19.1 Å². The van der Waals surface area contributed by atoms with E-state index in [1.807, 2.05) is 30.3 Å². The van der Waals surface area contributed by atoms with Gasteiger partial charge in [-0.15, -0.1) is 0 Å². The van der Waals surface area contributed by atoms with E-state index in [1.165, 1.54) is 38.8 Å². The Balaban J connectivity index is 1.50. The van der Waals surface area contributed by atoms with Crippen LogP contribution in [0.15, 0.2) is 30.3 Å². The predicted octanol–water partition coefficient (Wildman–Crippen LogP) is 2.28. The summed E-state index contributed by atoms with van der Waals surface area (Å²) in [5.74, 6) is 0. The lowest BCUT2D eigenvalue weighted by molar-refractivity contribution is 0.114. The predicted molar refractivity (Wildman–Crippen MR) is 81.7 cm³/mol. The summed E-state index contributed by atoms with van der Waals surface area (Å²) >= 11 is 0. The molecule has 2 saturated heterocycles. The number of likely N-dealkylation sites (tertiary alicyclic amines) is 2. The summed E-state index contributed by atoms with van der Waals surface area (Å²) in [6.07, 6.45) is 5.05. The van der Waals surface area contributed by atoms with E-state index in [-0.39, 0.29) is 6.10 Å². The molecule has 2 heterocycles. The summed E-state index contributed by atoms with van der Waals surface area (Å²) in [5.41, 5.74) is 1.04. The van der Waals surface area contributed by atoms with Crippen LogP contribution in [-0.2, 0) is 0 Å². The maximum atomic E-state index is 10.3. The average Bonchev–Trinajstić information content (AvgIpc) is 2.97. The SMILES string of the molecule is OC(CN1CCC(N2CCCCC2)C1)c1ccccc1. The van der Waals surface area contributed by atoms with Crippen molar-refractivity contribution in [3.05, 3.63) is 35.9 Å². The quantitative estimate of drug-likeness (QED) is 0.912. The van der Waals surface area contributed by atoms with Crippen LogP contribution in [0.4, 0.5) is 0 Å². The second kappa shape index (κ2) is 6.70. The third-order valence-corrected chi connectivity index (χ3v) is 4.77. The lowest BCUT2D eigenvalue weighted by Crippen LogP contribution is -2.41. The molecule has 20 heavy (non-hydrogen) atoms. The molecule has 0 aromatic heterocycles. The van der Waals surface area contributed by atoms with Gasteiger partial charge < -0.3 is 5.11 Å². The van der Waals surface area contributed by atoms with Crippen LogP contribution < -0.4 is 0 Å². The number of aliphatic hydroxyl groups excluding tert-OH is 1. The lowest BCUT2D eigenvalue weighted by atomic mass is 10.1. The van der Waals surface area contributed by atoms with E-state index in [4.69, 9.17) is 0 Å². The minimum absolute atomic E-state index is 0.351. The third kappa shape index (κ3) is 3.40. The van der Waals surface area contributed by atoms with Gasteiger partial charge in [0.15, 0.2) is 0 Å². The first-order valence-corrected chi connectivity index (χ1v) is 8.02. The van der Waals surface area contributed by atoms with Crippen molar-refractivity contribution in [2.24, 2.45) is 0 Å². The smallest absolute Gasteiger partial charge is 0.0916 e. The maximum Gasteiger partial charge on any atom is 0.0916 e. The fourth-order valence-electron chi connectivity index (χ4n) is 3.58. The van der Waals surface area contributed by atoms with Crippen LogP contribution in [0, 0.1) is 0 Å². The summed E-state index contributed by atoms with van der Waals surface area (Å²) in [6.45, 7) is 5.59. The molecular weight excluding hydrogens is 248 g/mol. The fraction of sp³-hybridized carbons (Fsp3) is 0.647. The minimum atomic E-state index is -0.351. The standard InChI is InChI=1S/C17H26N2O/c20-17(15-7-3-1-4-8-15)14-18-12-9-16(13-18)19-10-5-2-6-11-19/h1,3-4,7-8,16-17,20H,2,5-6,9-14H2. The molecule has 0 bridgehead atoms. The number of nitrogens with zero attached hydrogens (tertiary/aromatic N) is 2. The van der Waals surface area contributed by atoms with E-state index in [9.17, 15) is 5.11 Å². The Morgan fingerprint density at radius 1 is 1.05 bits per heavy atom. The Bertz CT molecular complexity index is 403. The van der Waals surface area contributed by atoms with Gasteiger partial charge in [0.2, 0.25) is 0 Å². The first kappa shape index (κ1) is 14.1. The molecule has 110 valence electrons. The highest BCUT2D eigenvalue weighted by molar-refractivity contribution is 5.17.